The molecule has 5 atom stereocenters. The number of carbonyl (C=O) groups is 1. The van der Waals surface area contributed by atoms with Gasteiger partial charge in [-0.1, -0.05) is 0 Å². The summed E-state index contributed by atoms with van der Waals surface area (Å²) in [6.07, 6.45) is -3.02. The number of rotatable bonds is 2. The molecule has 1 amide bonds. The van der Waals surface area contributed by atoms with Crippen molar-refractivity contribution >= 4 is 18.1 Å². The molecule has 19 heavy (non-hydrogen) atoms. The quantitative estimate of drug-likeness (QED) is 0.417. The molecule has 3 aliphatic rings. The molecule has 0 aromatic heterocycles. The van der Waals surface area contributed by atoms with Crippen molar-refractivity contribution in [2.75, 3.05) is 13.2 Å². The number of nitrogens with one attached hydrogen (secondary N) is 1. The van der Waals surface area contributed by atoms with Crippen LogP contribution in [-0.2, 0) is 9.53 Å². The molecule has 104 valence electrons. The second-order valence-electron chi connectivity index (χ2n) is 4.58. The Morgan fingerprint density at radius 3 is 2.95 bits per heavy atom. The van der Waals surface area contributed by atoms with E-state index in [2.05, 4.69) is 15.4 Å². The third-order valence-electron chi connectivity index (χ3n) is 3.47. The van der Waals surface area contributed by atoms with E-state index in [-0.39, 0.29) is 5.91 Å². The monoisotopic (exact) mass is 270 g/mol. The predicted octanol–water partition coefficient (Wildman–Crippen LogP) is -3.17. The van der Waals surface area contributed by atoms with Crippen LogP contribution in [-0.4, -0.2) is 76.1 Å². The molecule has 0 aromatic rings. The summed E-state index contributed by atoms with van der Waals surface area (Å²) < 4.78 is 5.38. The van der Waals surface area contributed by atoms with Crippen molar-refractivity contribution in [1.29, 1.82) is 0 Å². The molecule has 9 heteroatoms. The Balaban J connectivity index is 1.82. The van der Waals surface area contributed by atoms with E-state index in [1.54, 1.807) is 0 Å². The van der Waals surface area contributed by atoms with Gasteiger partial charge in [0.25, 0.3) is 5.91 Å². The second kappa shape index (κ2) is 4.62. The minimum atomic E-state index is -1.21. The van der Waals surface area contributed by atoms with Crippen LogP contribution in [0.1, 0.15) is 0 Å². The summed E-state index contributed by atoms with van der Waals surface area (Å²) in [5, 5.41) is 30.1. The van der Waals surface area contributed by atoms with E-state index < -0.39 is 37.1 Å². The Hall–Kier alpha value is -1.39. The average molecular weight is 270 g/mol. The summed E-state index contributed by atoms with van der Waals surface area (Å²) in [5.41, 5.74) is 2.89. The van der Waals surface area contributed by atoms with E-state index in [9.17, 15) is 15.0 Å². The Bertz CT molecular complexity index is 453. The number of amidine groups is 1. The van der Waals surface area contributed by atoms with Crippen molar-refractivity contribution in [2.45, 2.75) is 24.5 Å². The highest BCUT2D eigenvalue weighted by molar-refractivity contribution is 6.11. The zero-order chi connectivity index (χ0) is 13.6. The van der Waals surface area contributed by atoms with Crippen molar-refractivity contribution < 1.29 is 24.9 Å². The molecule has 3 heterocycles. The van der Waals surface area contributed by atoms with Gasteiger partial charge in [-0.2, -0.15) is 0 Å². The van der Waals surface area contributed by atoms with Gasteiger partial charge in [0.05, 0.1) is 6.61 Å². The molecule has 0 aliphatic carbocycles. The van der Waals surface area contributed by atoms with Gasteiger partial charge in [0.2, 0.25) is 0 Å². The highest BCUT2D eigenvalue weighted by Gasteiger charge is 2.50. The fourth-order valence-corrected chi connectivity index (χ4v) is 2.43. The number of fused-ring (bicyclic) bond motifs is 1. The molecular formula is C10H14N4O5. The molecule has 0 aromatic carbocycles. The summed E-state index contributed by atoms with van der Waals surface area (Å²) >= 11 is 0. The van der Waals surface area contributed by atoms with Crippen LogP contribution < -0.4 is 5.43 Å². The van der Waals surface area contributed by atoms with Crippen molar-refractivity contribution in [2.24, 2.45) is 15.9 Å². The highest BCUT2D eigenvalue weighted by Crippen LogP contribution is 2.27. The Morgan fingerprint density at radius 1 is 1.47 bits per heavy atom. The predicted molar refractivity (Wildman–Crippen MR) is 62.0 cm³/mol. The van der Waals surface area contributed by atoms with Crippen LogP contribution in [0.4, 0.5) is 0 Å². The van der Waals surface area contributed by atoms with Gasteiger partial charge in [-0.15, -0.1) is 0 Å². The van der Waals surface area contributed by atoms with Crippen LogP contribution in [0, 0.1) is 5.92 Å². The van der Waals surface area contributed by atoms with E-state index in [1.165, 1.54) is 5.01 Å². The first-order valence-corrected chi connectivity index (χ1v) is 5.92. The van der Waals surface area contributed by atoms with Gasteiger partial charge in [0.1, 0.15) is 36.4 Å². The van der Waals surface area contributed by atoms with Crippen LogP contribution in [0.25, 0.3) is 0 Å². The van der Waals surface area contributed by atoms with Gasteiger partial charge < -0.3 is 20.1 Å². The number of hydrazine groups is 1. The lowest BCUT2D eigenvalue weighted by Gasteiger charge is -2.28. The van der Waals surface area contributed by atoms with Crippen LogP contribution in [0.3, 0.4) is 0 Å². The number of amides is 1. The Kier molecular flexibility index (Phi) is 3.07. The van der Waals surface area contributed by atoms with Crippen LogP contribution >= 0.6 is 0 Å². The summed E-state index contributed by atoms with van der Waals surface area (Å²) in [6, 6.07) is 0. The molecule has 1 unspecified atom stereocenters. The van der Waals surface area contributed by atoms with Crippen molar-refractivity contribution in [1.82, 2.24) is 10.4 Å². The molecule has 3 rings (SSSR count). The maximum Gasteiger partial charge on any atom is 0.259 e. The SMILES string of the molecule is O=C1N=CN=C2C1CNN2[C@@H]1O[C@H](CO)[C@@H](O)[C@H]1O. The summed E-state index contributed by atoms with van der Waals surface area (Å²) in [7, 11) is 0. The number of aliphatic hydroxyl groups excluding tert-OH is 3. The molecule has 0 spiro atoms. The first kappa shape index (κ1) is 12.6. The van der Waals surface area contributed by atoms with Gasteiger partial charge in [0.15, 0.2) is 6.23 Å². The minimum absolute atomic E-state index is 0.307. The smallest absolute Gasteiger partial charge is 0.259 e. The average Bonchev–Trinajstić information content (AvgIpc) is 2.94. The maximum absolute atomic E-state index is 11.6. The van der Waals surface area contributed by atoms with Crippen molar-refractivity contribution in [3.63, 3.8) is 0 Å². The van der Waals surface area contributed by atoms with Gasteiger partial charge in [-0.3, -0.25) is 9.80 Å². The van der Waals surface area contributed by atoms with Crippen LogP contribution in [0.15, 0.2) is 9.98 Å². The van der Waals surface area contributed by atoms with E-state index in [0.717, 1.165) is 6.34 Å². The second-order valence-corrected chi connectivity index (χ2v) is 4.58. The van der Waals surface area contributed by atoms with Crippen molar-refractivity contribution in [3.05, 3.63) is 0 Å². The lowest BCUT2D eigenvalue weighted by molar-refractivity contribution is -0.119. The van der Waals surface area contributed by atoms with Crippen LogP contribution in [0.5, 0.6) is 0 Å². The minimum Gasteiger partial charge on any atom is -0.394 e. The molecule has 2 fully saturated rings. The fourth-order valence-electron chi connectivity index (χ4n) is 2.43. The number of carbonyl (C=O) groups excluding carboxylic acids is 1. The standard InChI is InChI=1S/C10H14N4O5/c15-2-5-6(16)7(17)10(19-5)14-8-4(1-13-14)9(18)12-3-11-8/h3-7,10,13,15-17H,1-2H2/t4?,5-,6-,7-,10-/m1/s1. The fraction of sp³-hybridized carbons (Fsp3) is 0.700. The molecule has 0 saturated carbocycles. The molecule has 0 bridgehead atoms. The topological polar surface area (TPSA) is 127 Å². The molecule has 2 saturated heterocycles. The van der Waals surface area contributed by atoms with Gasteiger partial charge in [-0.05, 0) is 0 Å². The zero-order valence-corrected chi connectivity index (χ0v) is 9.88. The molecular weight excluding hydrogens is 256 g/mol. The lowest BCUT2D eigenvalue weighted by atomic mass is 10.1. The third-order valence-corrected chi connectivity index (χ3v) is 3.47. The molecule has 9 nitrogen and oxygen atoms in total. The van der Waals surface area contributed by atoms with E-state index in [0.29, 0.717) is 12.4 Å². The Labute approximate surface area is 108 Å². The normalized spacial score (nSPS) is 41.6. The molecule has 4 N–H and O–H groups in total. The van der Waals surface area contributed by atoms with Crippen LogP contribution in [0.2, 0.25) is 0 Å². The van der Waals surface area contributed by atoms with E-state index in [4.69, 9.17) is 9.84 Å². The first-order valence-electron chi connectivity index (χ1n) is 5.92. The number of aliphatic imine (C=N–C) groups is 2. The summed E-state index contributed by atoms with van der Waals surface area (Å²) in [6.45, 7) is -0.0969. The first-order chi connectivity index (χ1) is 9.13. The zero-order valence-electron chi connectivity index (χ0n) is 9.88. The number of hydrogen-bond acceptors (Lipinski definition) is 8. The lowest BCUT2D eigenvalue weighted by Crippen LogP contribution is -2.50. The molecule has 3 aliphatic heterocycles. The van der Waals surface area contributed by atoms with Gasteiger partial charge >= 0.3 is 0 Å². The van der Waals surface area contributed by atoms with Gasteiger partial charge in [-0.25, -0.2) is 15.4 Å². The van der Waals surface area contributed by atoms with E-state index >= 15 is 0 Å². The number of hydrogen-bond donors (Lipinski definition) is 4. The summed E-state index contributed by atoms with van der Waals surface area (Å²) in [5.74, 6) is -0.423. The highest BCUT2D eigenvalue weighted by atomic mass is 16.6. The molecule has 0 radical (unpaired) electrons. The largest absolute Gasteiger partial charge is 0.394 e. The number of ether oxygens (including phenoxy) is 1. The maximum atomic E-state index is 11.6. The van der Waals surface area contributed by atoms with E-state index in [1.807, 2.05) is 0 Å². The summed E-state index contributed by atoms with van der Waals surface area (Å²) in [4.78, 5) is 19.2. The van der Waals surface area contributed by atoms with Crippen molar-refractivity contribution in [3.8, 4) is 0 Å². The van der Waals surface area contributed by atoms with Gasteiger partial charge in [0, 0.05) is 6.54 Å². The Morgan fingerprint density at radius 2 is 2.26 bits per heavy atom. The number of aliphatic hydroxyl groups is 3. The number of nitrogens with zero attached hydrogens (tertiary/aromatic N) is 3. The third kappa shape index (κ3) is 1.86.